The molecule has 0 radical (unpaired) electrons. The van der Waals surface area contributed by atoms with E-state index in [0.717, 1.165) is 12.2 Å². The van der Waals surface area contributed by atoms with Crippen LogP contribution in [0.2, 0.25) is 5.02 Å². The summed E-state index contributed by atoms with van der Waals surface area (Å²) in [6.07, 6.45) is 2.90. The molecule has 104 valence electrons. The molecule has 0 unspecified atom stereocenters. The van der Waals surface area contributed by atoms with Gasteiger partial charge in [0.1, 0.15) is 0 Å². The van der Waals surface area contributed by atoms with E-state index in [4.69, 9.17) is 16.7 Å². The van der Waals surface area contributed by atoms with Crippen molar-refractivity contribution in [2.75, 3.05) is 23.9 Å². The van der Waals surface area contributed by atoms with Crippen LogP contribution in [0.4, 0.5) is 10.5 Å². The molecule has 0 spiro atoms. The summed E-state index contributed by atoms with van der Waals surface area (Å²) in [5.74, 6) is -0.113. The molecular formula is C12H15ClN2O3S. The van der Waals surface area contributed by atoms with Crippen molar-refractivity contribution >= 4 is 41.1 Å². The van der Waals surface area contributed by atoms with Crippen molar-refractivity contribution in [3.8, 4) is 0 Å². The highest BCUT2D eigenvalue weighted by Crippen LogP contribution is 2.20. The van der Waals surface area contributed by atoms with Crippen LogP contribution in [0.15, 0.2) is 18.2 Å². The van der Waals surface area contributed by atoms with Gasteiger partial charge in [-0.3, -0.25) is 0 Å². The van der Waals surface area contributed by atoms with Crippen molar-refractivity contribution in [2.24, 2.45) is 0 Å². The lowest BCUT2D eigenvalue weighted by atomic mass is 10.2. The minimum atomic E-state index is -1.10. The van der Waals surface area contributed by atoms with Crippen LogP contribution in [0.1, 0.15) is 16.8 Å². The van der Waals surface area contributed by atoms with Crippen molar-refractivity contribution in [1.29, 1.82) is 0 Å². The molecule has 0 saturated heterocycles. The van der Waals surface area contributed by atoms with Gasteiger partial charge in [-0.1, -0.05) is 11.6 Å². The van der Waals surface area contributed by atoms with E-state index in [2.05, 4.69) is 10.6 Å². The Morgan fingerprint density at radius 3 is 2.74 bits per heavy atom. The molecule has 0 aliphatic heterocycles. The molecular weight excluding hydrogens is 288 g/mol. The van der Waals surface area contributed by atoms with E-state index in [1.807, 2.05) is 6.26 Å². The van der Waals surface area contributed by atoms with Crippen molar-refractivity contribution in [2.45, 2.75) is 6.42 Å². The lowest BCUT2D eigenvalue weighted by Crippen LogP contribution is -2.29. The molecule has 0 fully saturated rings. The maximum atomic E-state index is 11.5. The molecule has 0 bridgehead atoms. The van der Waals surface area contributed by atoms with Crippen LogP contribution in [0, 0.1) is 0 Å². The van der Waals surface area contributed by atoms with Crippen LogP contribution in [-0.4, -0.2) is 35.7 Å². The average molecular weight is 303 g/mol. The highest BCUT2D eigenvalue weighted by molar-refractivity contribution is 7.98. The van der Waals surface area contributed by atoms with Gasteiger partial charge in [-0.2, -0.15) is 11.8 Å². The summed E-state index contributed by atoms with van der Waals surface area (Å²) in [6, 6.07) is 3.93. The van der Waals surface area contributed by atoms with Crippen LogP contribution in [0.25, 0.3) is 0 Å². The number of hydrogen-bond acceptors (Lipinski definition) is 3. The molecule has 7 heteroatoms. The van der Waals surface area contributed by atoms with Gasteiger partial charge in [-0.05, 0) is 36.6 Å². The number of carboxylic acid groups (broad SMARTS) is 1. The Morgan fingerprint density at radius 1 is 1.42 bits per heavy atom. The molecule has 0 aliphatic carbocycles. The maximum absolute atomic E-state index is 11.5. The minimum Gasteiger partial charge on any atom is -0.478 e. The molecule has 0 saturated carbocycles. The van der Waals surface area contributed by atoms with Gasteiger partial charge >= 0.3 is 12.0 Å². The fourth-order valence-corrected chi connectivity index (χ4v) is 2.05. The summed E-state index contributed by atoms with van der Waals surface area (Å²) in [7, 11) is 0. The molecule has 0 aromatic heterocycles. The highest BCUT2D eigenvalue weighted by Gasteiger charge is 2.09. The first kappa shape index (κ1) is 15.7. The number of anilines is 1. The van der Waals surface area contributed by atoms with Crippen molar-refractivity contribution in [3.63, 3.8) is 0 Å². The molecule has 3 N–H and O–H groups in total. The van der Waals surface area contributed by atoms with Crippen LogP contribution in [0.5, 0.6) is 0 Å². The second-order valence-electron chi connectivity index (χ2n) is 3.73. The average Bonchev–Trinajstić information content (AvgIpc) is 2.34. The lowest BCUT2D eigenvalue weighted by molar-refractivity contribution is 0.0697. The van der Waals surface area contributed by atoms with Crippen molar-refractivity contribution in [3.05, 3.63) is 28.8 Å². The molecule has 2 amide bonds. The number of urea groups is 1. The number of aromatic carboxylic acids is 1. The quantitative estimate of drug-likeness (QED) is 0.706. The van der Waals surface area contributed by atoms with Gasteiger partial charge < -0.3 is 15.7 Å². The van der Waals surface area contributed by atoms with E-state index in [1.165, 1.54) is 18.2 Å². The summed E-state index contributed by atoms with van der Waals surface area (Å²) in [4.78, 5) is 22.3. The fraction of sp³-hybridized carbons (Fsp3) is 0.333. The SMILES string of the molecule is CSCCCNC(=O)Nc1ccc(C(=O)O)c(Cl)c1. The number of benzene rings is 1. The van der Waals surface area contributed by atoms with Crippen LogP contribution >= 0.6 is 23.4 Å². The maximum Gasteiger partial charge on any atom is 0.337 e. The number of thioether (sulfide) groups is 1. The first-order valence-electron chi connectivity index (χ1n) is 5.61. The predicted molar refractivity (Wildman–Crippen MR) is 78.4 cm³/mol. The summed E-state index contributed by atoms with van der Waals surface area (Å²) in [6.45, 7) is 0.591. The molecule has 1 aromatic rings. The molecule has 0 atom stereocenters. The third-order valence-corrected chi connectivity index (χ3v) is 3.28. The summed E-state index contributed by atoms with van der Waals surface area (Å²) < 4.78 is 0. The Balaban J connectivity index is 2.51. The summed E-state index contributed by atoms with van der Waals surface area (Å²) >= 11 is 7.52. The van der Waals surface area contributed by atoms with Crippen molar-refractivity contribution < 1.29 is 14.7 Å². The second-order valence-corrected chi connectivity index (χ2v) is 5.12. The number of hydrogen-bond donors (Lipinski definition) is 3. The smallest absolute Gasteiger partial charge is 0.337 e. The normalized spacial score (nSPS) is 10.0. The van der Waals surface area contributed by atoms with Gasteiger partial charge in [-0.15, -0.1) is 0 Å². The van der Waals surface area contributed by atoms with E-state index < -0.39 is 5.97 Å². The third-order valence-electron chi connectivity index (χ3n) is 2.27. The Bertz CT molecular complexity index is 468. The van der Waals surface area contributed by atoms with Gasteiger partial charge in [-0.25, -0.2) is 9.59 Å². The van der Waals surface area contributed by atoms with E-state index in [1.54, 1.807) is 11.8 Å². The number of carboxylic acids is 1. The van der Waals surface area contributed by atoms with Gasteiger partial charge in [0, 0.05) is 12.2 Å². The zero-order chi connectivity index (χ0) is 14.3. The Labute approximate surface area is 120 Å². The monoisotopic (exact) mass is 302 g/mol. The number of carbonyl (C=O) groups excluding carboxylic acids is 1. The zero-order valence-corrected chi connectivity index (χ0v) is 12.0. The highest BCUT2D eigenvalue weighted by atomic mass is 35.5. The molecule has 5 nitrogen and oxygen atoms in total. The number of rotatable bonds is 6. The number of carbonyl (C=O) groups is 2. The van der Waals surface area contributed by atoms with Crippen LogP contribution < -0.4 is 10.6 Å². The standard InChI is InChI=1S/C12H15ClN2O3S/c1-19-6-2-5-14-12(18)15-8-3-4-9(11(16)17)10(13)7-8/h3-4,7H,2,5-6H2,1H3,(H,16,17)(H2,14,15,18). The minimum absolute atomic E-state index is 0.00703. The summed E-state index contributed by atoms with van der Waals surface area (Å²) in [5.41, 5.74) is 0.463. The van der Waals surface area contributed by atoms with E-state index >= 15 is 0 Å². The molecule has 19 heavy (non-hydrogen) atoms. The molecule has 1 aromatic carbocycles. The molecule has 0 aliphatic rings. The first-order chi connectivity index (χ1) is 9.04. The Kier molecular flexibility index (Phi) is 6.52. The van der Waals surface area contributed by atoms with Crippen LogP contribution in [-0.2, 0) is 0 Å². The molecule has 1 rings (SSSR count). The number of nitrogens with one attached hydrogen (secondary N) is 2. The van der Waals surface area contributed by atoms with E-state index in [-0.39, 0.29) is 16.6 Å². The first-order valence-corrected chi connectivity index (χ1v) is 7.38. The van der Waals surface area contributed by atoms with Gasteiger partial charge in [0.15, 0.2) is 0 Å². The number of amides is 2. The number of halogens is 1. The fourth-order valence-electron chi connectivity index (χ4n) is 1.36. The topological polar surface area (TPSA) is 78.4 Å². The van der Waals surface area contributed by atoms with E-state index in [9.17, 15) is 9.59 Å². The van der Waals surface area contributed by atoms with Gasteiger partial charge in [0.25, 0.3) is 0 Å². The zero-order valence-electron chi connectivity index (χ0n) is 10.4. The largest absolute Gasteiger partial charge is 0.478 e. The van der Waals surface area contributed by atoms with Crippen molar-refractivity contribution in [1.82, 2.24) is 5.32 Å². The Morgan fingerprint density at radius 2 is 2.16 bits per heavy atom. The van der Waals surface area contributed by atoms with Gasteiger partial charge in [0.2, 0.25) is 0 Å². The van der Waals surface area contributed by atoms with Crippen LogP contribution in [0.3, 0.4) is 0 Å². The summed E-state index contributed by atoms with van der Waals surface area (Å²) in [5, 5.41) is 14.2. The predicted octanol–water partition coefficient (Wildman–Crippen LogP) is 2.91. The Hall–Kier alpha value is -1.40. The third kappa shape index (κ3) is 5.40. The van der Waals surface area contributed by atoms with E-state index in [0.29, 0.717) is 12.2 Å². The lowest BCUT2D eigenvalue weighted by Gasteiger charge is -2.08. The molecule has 0 heterocycles. The second kappa shape index (κ2) is 7.91. The van der Waals surface area contributed by atoms with Gasteiger partial charge in [0.05, 0.1) is 10.6 Å².